The van der Waals surface area contributed by atoms with Gasteiger partial charge in [-0.2, -0.15) is 0 Å². The van der Waals surface area contributed by atoms with Crippen molar-refractivity contribution in [2.24, 2.45) is 17.6 Å². The van der Waals surface area contributed by atoms with Gasteiger partial charge in [-0.3, -0.25) is 19.3 Å². The predicted octanol–water partition coefficient (Wildman–Crippen LogP) is 1.29. The lowest BCUT2D eigenvalue weighted by atomic mass is 9.57. The van der Waals surface area contributed by atoms with Crippen LogP contribution in [0.25, 0.3) is 17.1 Å². The van der Waals surface area contributed by atoms with Crippen molar-refractivity contribution >= 4 is 23.2 Å². The maximum absolute atomic E-state index is 13.9. The van der Waals surface area contributed by atoms with Gasteiger partial charge < -0.3 is 35.5 Å². The van der Waals surface area contributed by atoms with E-state index >= 15 is 0 Å². The zero-order valence-corrected chi connectivity index (χ0v) is 22.1. The maximum atomic E-state index is 13.9. The van der Waals surface area contributed by atoms with Crippen LogP contribution < -0.4 is 5.73 Å². The van der Waals surface area contributed by atoms with Gasteiger partial charge >= 0.3 is 0 Å². The highest BCUT2D eigenvalue weighted by molar-refractivity contribution is 6.24. The summed E-state index contributed by atoms with van der Waals surface area (Å²) in [6.45, 7) is 0.567. The minimum Gasteiger partial charge on any atom is -0.508 e. The molecule has 1 fully saturated rings. The number of primary amides is 1. The predicted molar refractivity (Wildman–Crippen MR) is 139 cm³/mol. The number of aliphatic hydroxyl groups excluding tert-OH is 2. The summed E-state index contributed by atoms with van der Waals surface area (Å²) in [5, 5.41) is 44.7. The molecule has 1 saturated carbocycles. The van der Waals surface area contributed by atoms with Crippen LogP contribution in [0, 0.1) is 11.8 Å². The number of rotatable bonds is 5. The van der Waals surface area contributed by atoms with Crippen LogP contribution in [0.3, 0.4) is 0 Å². The average molecular weight is 538 g/mol. The molecular weight excluding hydrogens is 506 g/mol. The lowest BCUT2D eigenvalue weighted by Gasteiger charge is -2.50. The molecule has 11 nitrogen and oxygen atoms in total. The fraction of sp³-hybridized carbons (Fsp3) is 0.393. The van der Waals surface area contributed by atoms with Crippen molar-refractivity contribution < 1.29 is 39.2 Å². The molecule has 3 aliphatic carbocycles. The Bertz CT molecular complexity index is 1480. The second-order valence-electron chi connectivity index (χ2n) is 11.0. The number of nitrogens with two attached hydrogens (primary N) is 1. The number of carbonyl (C=O) groups excluding carboxylic acids is 3. The van der Waals surface area contributed by atoms with E-state index in [9.17, 15) is 34.8 Å². The minimum atomic E-state index is -2.67. The molecule has 0 saturated heterocycles. The summed E-state index contributed by atoms with van der Waals surface area (Å²) in [6.07, 6.45) is 0.201. The number of nitrogens with zero attached hydrogens (tertiary/aromatic N) is 2. The normalized spacial score (nSPS) is 26.7. The van der Waals surface area contributed by atoms with Crippen molar-refractivity contribution in [1.29, 1.82) is 0 Å². The first-order chi connectivity index (χ1) is 18.3. The number of ketones is 2. The third kappa shape index (κ3) is 3.80. The quantitative estimate of drug-likeness (QED) is 0.349. The van der Waals surface area contributed by atoms with Gasteiger partial charge in [-0.05, 0) is 76.8 Å². The summed E-state index contributed by atoms with van der Waals surface area (Å²) >= 11 is 0. The zero-order chi connectivity index (χ0) is 28.5. The largest absolute Gasteiger partial charge is 0.508 e. The zero-order valence-electron chi connectivity index (χ0n) is 22.1. The Hall–Kier alpha value is -3.93. The van der Waals surface area contributed by atoms with Gasteiger partial charge in [-0.15, -0.1) is 0 Å². The van der Waals surface area contributed by atoms with Crippen molar-refractivity contribution in [3.05, 3.63) is 58.1 Å². The molecule has 206 valence electrons. The van der Waals surface area contributed by atoms with E-state index in [0.717, 1.165) is 0 Å². The Morgan fingerprint density at radius 3 is 2.41 bits per heavy atom. The van der Waals surface area contributed by atoms with Gasteiger partial charge in [-0.25, -0.2) is 0 Å². The van der Waals surface area contributed by atoms with Gasteiger partial charge in [-0.1, -0.05) is 0 Å². The fourth-order valence-electron chi connectivity index (χ4n) is 6.39. The molecule has 1 unspecified atom stereocenters. The number of likely N-dealkylation sites (N-methyl/N-ethyl adjacent to an activating group) is 1. The summed E-state index contributed by atoms with van der Waals surface area (Å²) in [5.74, 6) is -5.59. The molecule has 11 heteroatoms. The number of hydrogen-bond donors (Lipinski definition) is 5. The van der Waals surface area contributed by atoms with Crippen LogP contribution in [0.4, 0.5) is 0 Å². The minimum absolute atomic E-state index is 0.0187. The first-order valence-corrected chi connectivity index (χ1v) is 12.5. The Morgan fingerprint density at radius 2 is 1.79 bits per heavy atom. The first kappa shape index (κ1) is 26.7. The van der Waals surface area contributed by atoms with Gasteiger partial charge in [0.15, 0.2) is 11.4 Å². The lowest BCUT2D eigenvalue weighted by Crippen LogP contribution is -2.65. The second-order valence-corrected chi connectivity index (χ2v) is 11.0. The highest BCUT2D eigenvalue weighted by Crippen LogP contribution is 2.53. The van der Waals surface area contributed by atoms with Crippen molar-refractivity contribution in [2.45, 2.75) is 31.0 Å². The van der Waals surface area contributed by atoms with Gasteiger partial charge in [0.1, 0.15) is 34.4 Å². The Balaban J connectivity index is 1.69. The molecule has 5 rings (SSSR count). The number of aliphatic hydroxyl groups is 3. The summed E-state index contributed by atoms with van der Waals surface area (Å²) < 4.78 is 6.03. The number of aromatic hydroxyl groups is 1. The van der Waals surface area contributed by atoms with Crippen LogP contribution in [0.2, 0.25) is 0 Å². The Morgan fingerprint density at radius 1 is 1.10 bits per heavy atom. The molecule has 6 N–H and O–H groups in total. The SMILES string of the molecule is CN(C)Cc1ccc(-c2ccc(O)c3c2C[C@H]2C[C@H]4C(N(C)C)C(=O)C(C(N)=O)=C(O)[C@@]4(O)C(=O)C2=C3O)o1. The molecule has 1 amide bonds. The third-order valence-electron chi connectivity index (χ3n) is 8.00. The van der Waals surface area contributed by atoms with Gasteiger partial charge in [0.05, 0.1) is 18.2 Å². The highest BCUT2D eigenvalue weighted by atomic mass is 16.4. The van der Waals surface area contributed by atoms with Crippen LogP contribution >= 0.6 is 0 Å². The van der Waals surface area contributed by atoms with Gasteiger partial charge in [0.25, 0.3) is 5.91 Å². The van der Waals surface area contributed by atoms with Crippen LogP contribution in [-0.2, 0) is 27.3 Å². The van der Waals surface area contributed by atoms with E-state index in [4.69, 9.17) is 10.2 Å². The van der Waals surface area contributed by atoms with Gasteiger partial charge in [0, 0.05) is 17.1 Å². The number of Topliss-reactive ketones (excluding diaryl/α,β-unsaturated/α-hetero) is 2. The molecule has 0 bridgehead atoms. The Kier molecular flexibility index (Phi) is 6.21. The van der Waals surface area contributed by atoms with E-state index in [2.05, 4.69) is 0 Å². The number of fused-ring (bicyclic) bond motifs is 3. The van der Waals surface area contributed by atoms with E-state index in [1.54, 1.807) is 26.2 Å². The molecule has 2 aromatic rings. The molecule has 3 aliphatic rings. The van der Waals surface area contributed by atoms with Crippen molar-refractivity contribution in [2.75, 3.05) is 28.2 Å². The molecule has 4 atom stereocenters. The monoisotopic (exact) mass is 537 g/mol. The smallest absolute Gasteiger partial charge is 0.255 e. The van der Waals surface area contributed by atoms with Crippen molar-refractivity contribution in [1.82, 2.24) is 9.80 Å². The fourth-order valence-corrected chi connectivity index (χ4v) is 6.39. The number of phenols is 1. The molecule has 0 radical (unpaired) electrons. The Labute approximate surface area is 224 Å². The topological polar surface area (TPSA) is 178 Å². The van der Waals surface area contributed by atoms with E-state index in [1.165, 1.54) is 11.0 Å². The number of benzene rings is 1. The maximum Gasteiger partial charge on any atom is 0.255 e. The molecule has 0 spiro atoms. The molecular formula is C28H31N3O8. The van der Waals surface area contributed by atoms with E-state index in [1.807, 2.05) is 25.1 Å². The second kappa shape index (κ2) is 9.08. The van der Waals surface area contributed by atoms with E-state index in [-0.39, 0.29) is 29.7 Å². The van der Waals surface area contributed by atoms with Crippen LogP contribution in [0.5, 0.6) is 5.75 Å². The summed E-state index contributed by atoms with van der Waals surface area (Å²) in [6, 6.07) is 5.55. The summed E-state index contributed by atoms with van der Waals surface area (Å²) in [5.41, 5.74) is 2.85. The van der Waals surface area contributed by atoms with Crippen LogP contribution in [0.15, 0.2) is 45.6 Å². The molecule has 1 aromatic carbocycles. The standard InChI is InChI=1S/C28H31N3O8/c1-30(2)11-13-5-8-18(39-13)14-6-7-17(32)20-15(14)9-12-10-16-22(31(3)4)24(34)21(27(29)37)26(36)28(16,38)25(35)19(12)23(20)33/h5-8,12,16,22,32-33,36,38H,9-11H2,1-4H3,(H2,29,37)/t12-,16-,22?,28-/m0/s1. The number of phenolic OH excluding ortho intramolecular Hbond substituents is 1. The molecule has 1 heterocycles. The van der Waals surface area contributed by atoms with Crippen LogP contribution in [-0.4, -0.2) is 87.5 Å². The van der Waals surface area contributed by atoms with E-state index < -0.39 is 58.0 Å². The number of furan rings is 1. The summed E-state index contributed by atoms with van der Waals surface area (Å²) in [4.78, 5) is 42.6. The lowest BCUT2D eigenvalue weighted by molar-refractivity contribution is -0.153. The van der Waals surface area contributed by atoms with E-state index in [0.29, 0.717) is 29.2 Å². The number of carbonyl (C=O) groups is 3. The van der Waals surface area contributed by atoms with Gasteiger partial charge in [0.2, 0.25) is 5.78 Å². The summed E-state index contributed by atoms with van der Waals surface area (Å²) in [7, 11) is 6.94. The highest BCUT2D eigenvalue weighted by Gasteiger charge is 2.64. The van der Waals surface area contributed by atoms with Crippen molar-refractivity contribution in [3.8, 4) is 17.1 Å². The van der Waals surface area contributed by atoms with Crippen LogP contribution in [0.1, 0.15) is 23.3 Å². The molecule has 39 heavy (non-hydrogen) atoms. The molecule has 1 aromatic heterocycles. The number of hydrogen-bond acceptors (Lipinski definition) is 10. The number of amides is 1. The average Bonchev–Trinajstić information content (AvgIpc) is 3.28. The third-order valence-corrected chi connectivity index (χ3v) is 8.00. The van der Waals surface area contributed by atoms with Crippen molar-refractivity contribution in [3.63, 3.8) is 0 Å². The molecule has 0 aliphatic heterocycles. The first-order valence-electron chi connectivity index (χ1n) is 12.5.